The van der Waals surface area contributed by atoms with Gasteiger partial charge in [0.15, 0.2) is 0 Å². The van der Waals surface area contributed by atoms with Crippen LogP contribution in [0.2, 0.25) is 0 Å². The fraction of sp³-hybridized carbons (Fsp3) is 0.600. The van der Waals surface area contributed by atoms with E-state index in [0.717, 1.165) is 61.9 Å². The van der Waals surface area contributed by atoms with E-state index in [1.807, 2.05) is 0 Å². The molecule has 2 saturated heterocycles. The molecule has 0 aromatic carbocycles. The van der Waals surface area contributed by atoms with E-state index in [9.17, 15) is 0 Å². The molecule has 8 heteroatoms. The molecule has 122 valence electrons. The van der Waals surface area contributed by atoms with Gasteiger partial charge in [0.1, 0.15) is 11.3 Å². The van der Waals surface area contributed by atoms with Crippen LogP contribution in [0.25, 0.3) is 0 Å². The second-order valence-corrected chi connectivity index (χ2v) is 6.87. The van der Waals surface area contributed by atoms with E-state index >= 15 is 0 Å². The van der Waals surface area contributed by atoms with Crippen molar-refractivity contribution in [1.29, 1.82) is 0 Å². The van der Waals surface area contributed by atoms with E-state index in [4.69, 9.17) is 4.98 Å². The number of aromatic nitrogens is 4. The third-order valence-electron chi connectivity index (χ3n) is 4.44. The van der Waals surface area contributed by atoms with Crippen LogP contribution in [0, 0.1) is 6.92 Å². The Morgan fingerprint density at radius 3 is 2.35 bits per heavy atom. The summed E-state index contributed by atoms with van der Waals surface area (Å²) in [5.74, 6) is 1.94. The lowest BCUT2D eigenvalue weighted by Gasteiger charge is -2.34. The summed E-state index contributed by atoms with van der Waals surface area (Å²) in [6.45, 7) is 7.99. The summed E-state index contributed by atoms with van der Waals surface area (Å²) in [4.78, 5) is 16.4. The number of rotatable bonds is 3. The van der Waals surface area contributed by atoms with Crippen molar-refractivity contribution in [3.8, 4) is 0 Å². The first-order chi connectivity index (χ1) is 11.3. The lowest BCUT2D eigenvalue weighted by atomic mass is 10.3. The molecule has 0 amide bonds. The molecule has 0 aliphatic carbocycles. The van der Waals surface area contributed by atoms with E-state index in [-0.39, 0.29) is 0 Å². The number of anilines is 3. The molecule has 0 atom stereocenters. The maximum Gasteiger partial charge on any atom is 0.227 e. The molecular formula is C15H21N7S. The third kappa shape index (κ3) is 3.08. The summed E-state index contributed by atoms with van der Waals surface area (Å²) < 4.78 is 0. The van der Waals surface area contributed by atoms with Crippen LogP contribution in [0.5, 0.6) is 0 Å². The van der Waals surface area contributed by atoms with Gasteiger partial charge in [0, 0.05) is 51.0 Å². The van der Waals surface area contributed by atoms with Crippen LogP contribution >= 0.6 is 11.3 Å². The summed E-state index contributed by atoms with van der Waals surface area (Å²) >= 11 is 1.60. The van der Waals surface area contributed by atoms with Crippen LogP contribution in [0.15, 0.2) is 11.6 Å². The Morgan fingerprint density at radius 1 is 0.913 bits per heavy atom. The smallest absolute Gasteiger partial charge is 0.227 e. The van der Waals surface area contributed by atoms with Crippen LogP contribution in [-0.2, 0) is 0 Å². The minimum atomic E-state index is 0.865. The first-order valence-electron chi connectivity index (χ1n) is 8.16. The molecular weight excluding hydrogens is 310 g/mol. The van der Waals surface area contributed by atoms with Gasteiger partial charge in [-0.25, -0.2) is 4.98 Å². The minimum Gasteiger partial charge on any atom is -0.356 e. The largest absolute Gasteiger partial charge is 0.356 e. The topological polar surface area (TPSA) is 61.3 Å². The van der Waals surface area contributed by atoms with E-state index < -0.39 is 0 Å². The first-order valence-corrected chi connectivity index (χ1v) is 9.04. The molecule has 2 aromatic rings. The van der Waals surface area contributed by atoms with Crippen molar-refractivity contribution in [2.45, 2.75) is 19.8 Å². The lowest BCUT2D eigenvalue weighted by Crippen LogP contribution is -2.47. The fourth-order valence-corrected chi connectivity index (χ4v) is 3.80. The Hall–Kier alpha value is -1.96. The van der Waals surface area contributed by atoms with Gasteiger partial charge in [-0.2, -0.15) is 4.98 Å². The molecule has 0 bridgehead atoms. The van der Waals surface area contributed by atoms with E-state index in [1.54, 1.807) is 16.8 Å². The van der Waals surface area contributed by atoms with Gasteiger partial charge in [-0.05, 0) is 19.8 Å². The molecule has 0 radical (unpaired) electrons. The van der Waals surface area contributed by atoms with Crippen molar-refractivity contribution in [3.63, 3.8) is 0 Å². The summed E-state index contributed by atoms with van der Waals surface area (Å²) in [6.07, 6.45) is 2.53. The summed E-state index contributed by atoms with van der Waals surface area (Å²) in [6, 6.07) is 2.10. The summed E-state index contributed by atoms with van der Waals surface area (Å²) in [7, 11) is 0. The number of hydrogen-bond donors (Lipinski definition) is 0. The van der Waals surface area contributed by atoms with Crippen molar-refractivity contribution < 1.29 is 0 Å². The van der Waals surface area contributed by atoms with Gasteiger partial charge in [0.05, 0.1) is 0 Å². The molecule has 2 aliphatic rings. The normalized spacial score (nSPS) is 18.7. The zero-order valence-electron chi connectivity index (χ0n) is 13.4. The predicted octanol–water partition coefficient (Wildman–Crippen LogP) is 1.56. The predicted molar refractivity (Wildman–Crippen MR) is 92.6 cm³/mol. The Balaban J connectivity index is 1.48. The molecule has 2 fully saturated rings. The monoisotopic (exact) mass is 331 g/mol. The van der Waals surface area contributed by atoms with Crippen LogP contribution in [0.4, 0.5) is 16.9 Å². The second kappa shape index (κ2) is 6.27. The molecule has 23 heavy (non-hydrogen) atoms. The zero-order chi connectivity index (χ0) is 15.6. The van der Waals surface area contributed by atoms with Crippen LogP contribution in [-0.4, -0.2) is 59.4 Å². The van der Waals surface area contributed by atoms with E-state index in [1.165, 1.54) is 12.8 Å². The van der Waals surface area contributed by atoms with Gasteiger partial charge in [-0.1, -0.05) is 11.3 Å². The first kappa shape index (κ1) is 14.6. The molecule has 2 aromatic heterocycles. The van der Waals surface area contributed by atoms with Crippen molar-refractivity contribution >= 4 is 28.2 Å². The number of hydrogen-bond acceptors (Lipinski definition) is 8. The van der Waals surface area contributed by atoms with Crippen molar-refractivity contribution in [2.75, 3.05) is 54.0 Å². The molecule has 4 heterocycles. The third-order valence-corrected chi connectivity index (χ3v) is 5.19. The van der Waals surface area contributed by atoms with E-state index in [0.29, 0.717) is 0 Å². The maximum atomic E-state index is 4.82. The van der Waals surface area contributed by atoms with Crippen molar-refractivity contribution in [1.82, 2.24) is 20.2 Å². The number of aryl methyl sites for hydroxylation is 1. The highest BCUT2D eigenvalue weighted by Crippen LogP contribution is 2.23. The second-order valence-electron chi connectivity index (χ2n) is 6.06. The minimum absolute atomic E-state index is 0.865. The molecule has 0 N–H and O–H groups in total. The van der Waals surface area contributed by atoms with Crippen LogP contribution < -0.4 is 14.7 Å². The number of nitrogens with zero attached hydrogens (tertiary/aromatic N) is 7. The highest BCUT2D eigenvalue weighted by Gasteiger charge is 2.22. The quantitative estimate of drug-likeness (QED) is 0.846. The zero-order valence-corrected chi connectivity index (χ0v) is 14.2. The molecule has 4 rings (SSSR count). The summed E-state index contributed by atoms with van der Waals surface area (Å²) in [5.41, 5.74) is 2.83. The maximum absolute atomic E-state index is 4.82. The SMILES string of the molecule is Cc1cc(N2CCCC2)nc(N2CCN(c3nncs3)CC2)n1. The molecule has 0 unspecified atom stereocenters. The Labute approximate surface area is 140 Å². The molecule has 0 saturated carbocycles. The average Bonchev–Trinajstić information content (AvgIpc) is 3.28. The molecule has 7 nitrogen and oxygen atoms in total. The van der Waals surface area contributed by atoms with Crippen LogP contribution in [0.1, 0.15) is 18.5 Å². The Bertz CT molecular complexity index is 646. The Morgan fingerprint density at radius 2 is 1.65 bits per heavy atom. The van der Waals surface area contributed by atoms with Gasteiger partial charge < -0.3 is 14.7 Å². The Kier molecular flexibility index (Phi) is 3.99. The lowest BCUT2D eigenvalue weighted by molar-refractivity contribution is 0.635. The molecule has 2 aliphatic heterocycles. The van der Waals surface area contributed by atoms with Crippen molar-refractivity contribution in [2.24, 2.45) is 0 Å². The van der Waals surface area contributed by atoms with Gasteiger partial charge in [0.25, 0.3) is 0 Å². The van der Waals surface area contributed by atoms with Gasteiger partial charge in [0.2, 0.25) is 11.1 Å². The van der Waals surface area contributed by atoms with Crippen LogP contribution in [0.3, 0.4) is 0 Å². The van der Waals surface area contributed by atoms with Gasteiger partial charge in [-0.3, -0.25) is 0 Å². The van der Waals surface area contributed by atoms with Gasteiger partial charge >= 0.3 is 0 Å². The van der Waals surface area contributed by atoms with Crippen molar-refractivity contribution in [3.05, 3.63) is 17.3 Å². The molecule has 0 spiro atoms. The highest BCUT2D eigenvalue weighted by molar-refractivity contribution is 7.13. The standard InChI is InChI=1S/C15H21N7S/c1-12-10-13(20-4-2-3-5-20)18-14(17-12)21-6-8-22(9-7-21)15-19-16-11-23-15/h10-11H,2-9H2,1H3. The summed E-state index contributed by atoms with van der Waals surface area (Å²) in [5, 5.41) is 9.09. The average molecular weight is 331 g/mol. The van der Waals surface area contributed by atoms with E-state index in [2.05, 4.69) is 42.9 Å². The fourth-order valence-electron chi connectivity index (χ4n) is 3.19. The highest BCUT2D eigenvalue weighted by atomic mass is 32.1. The van der Waals surface area contributed by atoms with Gasteiger partial charge in [-0.15, -0.1) is 10.2 Å². The number of piperazine rings is 1.